The van der Waals surface area contributed by atoms with Crippen LogP contribution in [0.5, 0.6) is 5.75 Å². The SMILES string of the molecule is CC(C)(C)c1ccc(OC[C@@H](O)CN2CCOCC2)cc1. The molecule has 1 aromatic carbocycles. The molecule has 1 N–H and O–H groups in total. The van der Waals surface area contributed by atoms with Crippen LogP contribution in [0.4, 0.5) is 0 Å². The number of hydrogen-bond acceptors (Lipinski definition) is 4. The fraction of sp³-hybridized carbons (Fsp3) is 0.647. The molecule has 1 fully saturated rings. The van der Waals surface area contributed by atoms with Crippen LogP contribution in [-0.2, 0) is 10.2 Å². The van der Waals surface area contributed by atoms with Gasteiger partial charge in [0.15, 0.2) is 0 Å². The first-order chi connectivity index (χ1) is 9.95. The van der Waals surface area contributed by atoms with E-state index >= 15 is 0 Å². The number of benzene rings is 1. The highest BCUT2D eigenvalue weighted by atomic mass is 16.5. The third kappa shape index (κ3) is 5.30. The van der Waals surface area contributed by atoms with Crippen molar-refractivity contribution in [2.24, 2.45) is 0 Å². The first-order valence-corrected chi connectivity index (χ1v) is 7.66. The molecule has 1 heterocycles. The number of nitrogens with zero attached hydrogens (tertiary/aromatic N) is 1. The van der Waals surface area contributed by atoms with Crippen LogP contribution in [0.1, 0.15) is 26.3 Å². The lowest BCUT2D eigenvalue weighted by Crippen LogP contribution is -2.42. The average Bonchev–Trinajstić information content (AvgIpc) is 2.46. The first-order valence-electron chi connectivity index (χ1n) is 7.66. The van der Waals surface area contributed by atoms with Gasteiger partial charge in [-0.25, -0.2) is 0 Å². The van der Waals surface area contributed by atoms with E-state index in [-0.39, 0.29) is 5.41 Å². The zero-order valence-electron chi connectivity index (χ0n) is 13.3. The van der Waals surface area contributed by atoms with Crippen molar-refractivity contribution in [2.75, 3.05) is 39.5 Å². The molecule has 0 aromatic heterocycles. The van der Waals surface area contributed by atoms with Crippen LogP contribution in [0, 0.1) is 0 Å². The van der Waals surface area contributed by atoms with Gasteiger partial charge in [-0.2, -0.15) is 0 Å². The normalized spacial score (nSPS) is 18.5. The van der Waals surface area contributed by atoms with Crippen molar-refractivity contribution in [1.29, 1.82) is 0 Å². The second-order valence-electron chi connectivity index (χ2n) is 6.65. The highest BCUT2D eigenvalue weighted by Crippen LogP contribution is 2.24. The summed E-state index contributed by atoms with van der Waals surface area (Å²) in [6, 6.07) is 8.12. The van der Waals surface area contributed by atoms with Gasteiger partial charge in [0.2, 0.25) is 0 Å². The van der Waals surface area contributed by atoms with Crippen molar-refractivity contribution in [3.05, 3.63) is 29.8 Å². The molecule has 0 amide bonds. The van der Waals surface area contributed by atoms with Gasteiger partial charge in [-0.3, -0.25) is 4.90 Å². The molecule has 118 valence electrons. The van der Waals surface area contributed by atoms with Gasteiger partial charge in [0, 0.05) is 19.6 Å². The Labute approximate surface area is 127 Å². The van der Waals surface area contributed by atoms with Gasteiger partial charge in [-0.1, -0.05) is 32.9 Å². The summed E-state index contributed by atoms with van der Waals surface area (Å²) in [5.41, 5.74) is 1.43. The smallest absolute Gasteiger partial charge is 0.119 e. The molecule has 0 unspecified atom stereocenters. The molecule has 0 radical (unpaired) electrons. The largest absolute Gasteiger partial charge is 0.491 e. The van der Waals surface area contributed by atoms with Crippen molar-refractivity contribution in [3.63, 3.8) is 0 Å². The number of ether oxygens (including phenoxy) is 2. The highest BCUT2D eigenvalue weighted by Gasteiger charge is 2.16. The standard InChI is InChI=1S/C17H27NO3/c1-17(2,3)14-4-6-16(7-5-14)21-13-15(19)12-18-8-10-20-11-9-18/h4-7,15,19H,8-13H2,1-3H3/t15-/m0/s1. The van der Waals surface area contributed by atoms with E-state index in [0.29, 0.717) is 13.2 Å². The van der Waals surface area contributed by atoms with Gasteiger partial charge in [0.1, 0.15) is 18.5 Å². The monoisotopic (exact) mass is 293 g/mol. The average molecular weight is 293 g/mol. The lowest BCUT2D eigenvalue weighted by molar-refractivity contribution is 0.00465. The minimum absolute atomic E-state index is 0.147. The number of β-amino-alcohol motifs (C(OH)–C–C–N with tert-alkyl or cyclic N) is 1. The minimum atomic E-state index is -0.467. The van der Waals surface area contributed by atoms with Crippen LogP contribution in [-0.4, -0.2) is 55.6 Å². The van der Waals surface area contributed by atoms with E-state index in [1.54, 1.807) is 0 Å². The van der Waals surface area contributed by atoms with Crippen LogP contribution in [0.25, 0.3) is 0 Å². The first kappa shape index (κ1) is 16.3. The Morgan fingerprint density at radius 3 is 2.38 bits per heavy atom. The zero-order chi connectivity index (χ0) is 15.3. The van der Waals surface area contributed by atoms with Crippen molar-refractivity contribution in [2.45, 2.75) is 32.3 Å². The number of aliphatic hydroxyl groups is 1. The van der Waals surface area contributed by atoms with Gasteiger partial charge >= 0.3 is 0 Å². The van der Waals surface area contributed by atoms with E-state index < -0.39 is 6.10 Å². The number of aliphatic hydroxyl groups excluding tert-OH is 1. The third-order valence-corrected chi connectivity index (χ3v) is 3.74. The van der Waals surface area contributed by atoms with E-state index in [0.717, 1.165) is 32.1 Å². The van der Waals surface area contributed by atoms with Crippen molar-refractivity contribution < 1.29 is 14.6 Å². The maximum absolute atomic E-state index is 10.0. The Balaban J connectivity index is 1.76. The number of hydrogen-bond donors (Lipinski definition) is 1. The summed E-state index contributed by atoms with van der Waals surface area (Å²) in [4.78, 5) is 2.21. The van der Waals surface area contributed by atoms with E-state index in [4.69, 9.17) is 9.47 Å². The van der Waals surface area contributed by atoms with E-state index in [9.17, 15) is 5.11 Å². The molecular formula is C17H27NO3. The maximum atomic E-state index is 10.0. The molecule has 0 aliphatic carbocycles. The second-order valence-corrected chi connectivity index (χ2v) is 6.65. The summed E-state index contributed by atoms with van der Waals surface area (Å²) in [6.07, 6.45) is -0.467. The molecule has 4 heteroatoms. The summed E-state index contributed by atoms with van der Waals surface area (Å²) < 4.78 is 11.0. The van der Waals surface area contributed by atoms with Crippen LogP contribution in [0.2, 0.25) is 0 Å². The second kappa shape index (κ2) is 7.25. The zero-order valence-corrected chi connectivity index (χ0v) is 13.3. The van der Waals surface area contributed by atoms with Crippen molar-refractivity contribution in [3.8, 4) is 5.75 Å². The van der Waals surface area contributed by atoms with Crippen molar-refractivity contribution in [1.82, 2.24) is 4.90 Å². The Morgan fingerprint density at radius 1 is 1.19 bits per heavy atom. The molecule has 0 spiro atoms. The molecule has 0 saturated carbocycles. The van der Waals surface area contributed by atoms with E-state index in [2.05, 4.69) is 37.8 Å². The summed E-state index contributed by atoms with van der Waals surface area (Å²) in [5.74, 6) is 0.809. The summed E-state index contributed by atoms with van der Waals surface area (Å²) in [5, 5.41) is 10.0. The predicted octanol–water partition coefficient (Wildman–Crippen LogP) is 2.06. The molecule has 1 aliphatic rings. The number of rotatable bonds is 5. The molecule has 1 atom stereocenters. The van der Waals surface area contributed by atoms with Crippen LogP contribution >= 0.6 is 0 Å². The highest BCUT2D eigenvalue weighted by molar-refractivity contribution is 5.31. The molecule has 1 aliphatic heterocycles. The van der Waals surface area contributed by atoms with Crippen LogP contribution in [0.3, 0.4) is 0 Å². The summed E-state index contributed by atoms with van der Waals surface area (Å²) in [7, 11) is 0. The Kier molecular flexibility index (Phi) is 5.62. The summed E-state index contributed by atoms with van der Waals surface area (Å²) in [6.45, 7) is 10.8. The van der Waals surface area contributed by atoms with E-state index in [1.807, 2.05) is 12.1 Å². The fourth-order valence-electron chi connectivity index (χ4n) is 2.38. The molecule has 21 heavy (non-hydrogen) atoms. The third-order valence-electron chi connectivity index (χ3n) is 3.74. The van der Waals surface area contributed by atoms with Gasteiger partial charge in [0.25, 0.3) is 0 Å². The van der Waals surface area contributed by atoms with Gasteiger partial charge in [0.05, 0.1) is 13.2 Å². The maximum Gasteiger partial charge on any atom is 0.119 e. The van der Waals surface area contributed by atoms with Gasteiger partial charge in [-0.05, 0) is 23.1 Å². The van der Waals surface area contributed by atoms with Crippen LogP contribution in [0.15, 0.2) is 24.3 Å². The fourth-order valence-corrected chi connectivity index (χ4v) is 2.38. The van der Waals surface area contributed by atoms with Gasteiger partial charge < -0.3 is 14.6 Å². The topological polar surface area (TPSA) is 41.9 Å². The van der Waals surface area contributed by atoms with Crippen LogP contribution < -0.4 is 4.74 Å². The quantitative estimate of drug-likeness (QED) is 0.902. The Bertz CT molecular complexity index is 419. The van der Waals surface area contributed by atoms with Crippen molar-refractivity contribution >= 4 is 0 Å². The predicted molar refractivity (Wildman–Crippen MR) is 83.9 cm³/mol. The molecule has 0 bridgehead atoms. The van der Waals surface area contributed by atoms with Gasteiger partial charge in [-0.15, -0.1) is 0 Å². The molecule has 1 aromatic rings. The molecular weight excluding hydrogens is 266 g/mol. The minimum Gasteiger partial charge on any atom is -0.491 e. The Hall–Kier alpha value is -1.10. The molecule has 2 rings (SSSR count). The van der Waals surface area contributed by atoms with E-state index in [1.165, 1.54) is 5.56 Å². The molecule has 1 saturated heterocycles. The Morgan fingerprint density at radius 2 is 1.81 bits per heavy atom. The lowest BCUT2D eigenvalue weighted by Gasteiger charge is -2.28. The number of morpholine rings is 1. The lowest BCUT2D eigenvalue weighted by atomic mass is 9.87. The summed E-state index contributed by atoms with van der Waals surface area (Å²) >= 11 is 0. The molecule has 4 nitrogen and oxygen atoms in total.